The maximum absolute atomic E-state index is 6.46. The summed E-state index contributed by atoms with van der Waals surface area (Å²) in [6.45, 7) is 3.88. The second-order valence-corrected chi connectivity index (χ2v) is 10.9. The molecule has 0 aromatic heterocycles. The zero-order chi connectivity index (χ0) is 29.7. The lowest BCUT2D eigenvalue weighted by Gasteiger charge is -2.52. The maximum Gasteiger partial charge on any atom is 0.166 e. The first-order valence-electron chi connectivity index (χ1n) is 14.7. The van der Waals surface area contributed by atoms with Crippen molar-refractivity contribution in [2.45, 2.75) is 24.3 Å². The van der Waals surface area contributed by atoms with Crippen LogP contribution in [0.1, 0.15) is 29.5 Å². The molecule has 2 aliphatic carbocycles. The van der Waals surface area contributed by atoms with Gasteiger partial charge in [0.05, 0.1) is 0 Å². The molecular weight excluding hydrogens is 526 g/mol. The summed E-state index contributed by atoms with van der Waals surface area (Å²) in [6, 6.07) is 38.1. The molecule has 0 saturated heterocycles. The molecule has 0 N–H and O–H groups in total. The predicted molar refractivity (Wildman–Crippen MR) is 180 cm³/mol. The molecule has 0 saturated carbocycles. The minimum Gasteiger partial charge on any atom is -0.355 e. The first kappa shape index (κ1) is 28.4. The van der Waals surface area contributed by atoms with Crippen LogP contribution in [-0.4, -0.2) is 25.7 Å². The molecule has 0 amide bonds. The lowest BCUT2D eigenvalue weighted by Crippen LogP contribution is -2.62. The Labute approximate surface area is 255 Å². The van der Waals surface area contributed by atoms with Gasteiger partial charge in [-0.1, -0.05) is 134 Å². The zero-order valence-electron chi connectivity index (χ0n) is 24.8. The van der Waals surface area contributed by atoms with Gasteiger partial charge >= 0.3 is 0 Å². The van der Waals surface area contributed by atoms with E-state index in [4.69, 9.17) is 9.47 Å². The van der Waals surface area contributed by atoms with E-state index in [0.717, 1.165) is 22.4 Å². The molecule has 0 heterocycles. The minimum absolute atomic E-state index is 0.656. The number of rotatable bonds is 9. The Morgan fingerprint density at radius 1 is 0.581 bits per heavy atom. The van der Waals surface area contributed by atoms with E-state index in [1.54, 1.807) is 14.2 Å². The van der Waals surface area contributed by atoms with Crippen LogP contribution in [0.15, 0.2) is 152 Å². The van der Waals surface area contributed by atoms with Gasteiger partial charge in [-0.25, -0.2) is 0 Å². The van der Waals surface area contributed by atoms with E-state index in [-0.39, 0.29) is 0 Å². The van der Waals surface area contributed by atoms with Crippen LogP contribution < -0.4 is 4.90 Å². The number of ether oxygens (including phenoxy) is 2. The van der Waals surface area contributed by atoms with Gasteiger partial charge in [-0.15, -0.1) is 0 Å². The lowest BCUT2D eigenvalue weighted by molar-refractivity contribution is -0.0520. The number of benzene rings is 4. The van der Waals surface area contributed by atoms with Gasteiger partial charge in [0.15, 0.2) is 11.4 Å². The van der Waals surface area contributed by atoms with Crippen molar-refractivity contribution < 1.29 is 9.47 Å². The Balaban J connectivity index is 1.40. The number of anilines is 1. The molecule has 0 fully saturated rings. The van der Waals surface area contributed by atoms with Gasteiger partial charge in [-0.3, -0.25) is 0 Å². The lowest BCUT2D eigenvalue weighted by atomic mass is 9.87. The molecule has 0 bridgehead atoms. The summed E-state index contributed by atoms with van der Waals surface area (Å²) in [5.74, 6) is 0. The summed E-state index contributed by atoms with van der Waals surface area (Å²) >= 11 is 0. The van der Waals surface area contributed by atoms with Crippen LogP contribution in [0.2, 0.25) is 0 Å². The fourth-order valence-corrected chi connectivity index (χ4v) is 6.10. The second kappa shape index (κ2) is 12.3. The highest BCUT2D eigenvalue weighted by Crippen LogP contribution is 2.44. The molecule has 43 heavy (non-hydrogen) atoms. The van der Waals surface area contributed by atoms with Crippen LogP contribution in [0.5, 0.6) is 0 Å². The summed E-state index contributed by atoms with van der Waals surface area (Å²) in [6.07, 6.45) is 16.4. The Morgan fingerprint density at radius 3 is 1.40 bits per heavy atom. The summed E-state index contributed by atoms with van der Waals surface area (Å²) in [5.41, 5.74) is 7.63. The topological polar surface area (TPSA) is 21.7 Å². The number of hydrogen-bond acceptors (Lipinski definition) is 3. The highest BCUT2D eigenvalue weighted by molar-refractivity contribution is 5.78. The number of methoxy groups -OCH3 is 2. The van der Waals surface area contributed by atoms with Crippen molar-refractivity contribution in [3.8, 4) is 11.1 Å². The third kappa shape index (κ3) is 5.58. The fraction of sp³-hybridized carbons (Fsp3) is 0.150. The van der Waals surface area contributed by atoms with Gasteiger partial charge < -0.3 is 14.4 Å². The van der Waals surface area contributed by atoms with Crippen LogP contribution in [0.4, 0.5) is 5.69 Å². The fourth-order valence-electron chi connectivity index (χ4n) is 6.10. The van der Waals surface area contributed by atoms with Gasteiger partial charge in [0.2, 0.25) is 0 Å². The first-order valence-corrected chi connectivity index (χ1v) is 14.7. The maximum atomic E-state index is 6.46. The average Bonchev–Trinajstić information content (AvgIpc) is 3.10. The molecule has 0 aliphatic heterocycles. The van der Waals surface area contributed by atoms with Gasteiger partial charge in [-0.2, -0.15) is 0 Å². The molecule has 0 radical (unpaired) electrons. The highest BCUT2D eigenvalue weighted by atomic mass is 16.5. The Morgan fingerprint density at radius 2 is 1.02 bits per heavy atom. The molecule has 4 aromatic carbocycles. The molecule has 0 spiro atoms. The Bertz CT molecular complexity index is 1600. The Hall–Kier alpha value is -4.70. The summed E-state index contributed by atoms with van der Waals surface area (Å²) in [7, 11) is 3.57. The SMILES string of the molecule is C=Cc1ccc(-c2ccc(N(C3(OC)C=CC(c4ccccc4)=CC3)C3(OC)C=CC(c4ccccc4)=CC3)cc2)cc1. The molecule has 3 nitrogen and oxygen atoms in total. The number of nitrogens with zero attached hydrogens (tertiary/aromatic N) is 1. The predicted octanol–water partition coefficient (Wildman–Crippen LogP) is 9.58. The van der Waals surface area contributed by atoms with Gasteiger partial charge in [0, 0.05) is 32.7 Å². The quantitative estimate of drug-likeness (QED) is 0.189. The normalized spacial score (nSPS) is 21.2. The first-order chi connectivity index (χ1) is 21.1. The third-order valence-electron chi connectivity index (χ3n) is 8.56. The van der Waals surface area contributed by atoms with Crippen LogP contribution >= 0.6 is 0 Å². The van der Waals surface area contributed by atoms with E-state index in [0.29, 0.717) is 12.8 Å². The van der Waals surface area contributed by atoms with E-state index < -0.39 is 11.4 Å². The number of hydrogen-bond donors (Lipinski definition) is 0. The van der Waals surface area contributed by atoms with Gasteiger partial charge in [0.25, 0.3) is 0 Å². The van der Waals surface area contributed by atoms with E-state index >= 15 is 0 Å². The van der Waals surface area contributed by atoms with Crippen LogP contribution in [0, 0.1) is 0 Å². The van der Waals surface area contributed by atoms with Crippen molar-refractivity contribution in [3.63, 3.8) is 0 Å². The summed E-state index contributed by atoms with van der Waals surface area (Å²) in [5, 5.41) is 0. The van der Waals surface area contributed by atoms with Crippen LogP contribution in [0.3, 0.4) is 0 Å². The van der Waals surface area contributed by atoms with Gasteiger partial charge in [0.1, 0.15) is 0 Å². The minimum atomic E-state index is -0.774. The smallest absolute Gasteiger partial charge is 0.166 e. The molecule has 2 unspecified atom stereocenters. The van der Waals surface area contributed by atoms with E-state index in [1.165, 1.54) is 22.3 Å². The van der Waals surface area contributed by atoms with E-state index in [9.17, 15) is 0 Å². The van der Waals surface area contributed by atoms with Crippen molar-refractivity contribution >= 4 is 22.9 Å². The van der Waals surface area contributed by atoms with Gasteiger partial charge in [-0.05, 0) is 63.2 Å². The van der Waals surface area contributed by atoms with Crippen LogP contribution in [0.25, 0.3) is 28.3 Å². The molecular formula is C40H37NO2. The standard InChI is InChI=1S/C40H37NO2/c1-4-31-15-17-34(18-16-31)35-19-21-38(22-20-35)41(39(42-2)27-23-36(24-28-39)32-11-7-5-8-12-32)40(43-3)29-25-37(26-30-40)33-13-9-6-10-14-33/h4-27,29H,1,28,30H2,2-3H3. The molecule has 6 rings (SSSR count). The third-order valence-corrected chi connectivity index (χ3v) is 8.56. The van der Waals surface area contributed by atoms with Crippen molar-refractivity contribution in [1.29, 1.82) is 0 Å². The molecule has 2 atom stereocenters. The van der Waals surface area contributed by atoms with Crippen molar-refractivity contribution in [2.75, 3.05) is 19.1 Å². The summed E-state index contributed by atoms with van der Waals surface area (Å²) in [4.78, 5) is 2.30. The van der Waals surface area contributed by atoms with Crippen molar-refractivity contribution in [3.05, 3.63) is 169 Å². The molecule has 214 valence electrons. The molecule has 3 heteroatoms. The monoisotopic (exact) mass is 563 g/mol. The van der Waals surface area contributed by atoms with Crippen molar-refractivity contribution in [2.24, 2.45) is 0 Å². The Kier molecular flexibility index (Phi) is 8.11. The van der Waals surface area contributed by atoms with E-state index in [1.807, 2.05) is 18.2 Å². The average molecular weight is 564 g/mol. The molecule has 4 aromatic rings. The van der Waals surface area contributed by atoms with Crippen LogP contribution in [-0.2, 0) is 9.47 Å². The van der Waals surface area contributed by atoms with E-state index in [2.05, 4.69) is 145 Å². The summed E-state index contributed by atoms with van der Waals surface area (Å²) < 4.78 is 12.9. The zero-order valence-corrected chi connectivity index (χ0v) is 24.8. The molecule has 2 aliphatic rings. The van der Waals surface area contributed by atoms with Crippen molar-refractivity contribution in [1.82, 2.24) is 0 Å². The highest BCUT2D eigenvalue weighted by Gasteiger charge is 2.48. The second-order valence-electron chi connectivity index (χ2n) is 10.9. The largest absolute Gasteiger partial charge is 0.355 e. The number of allylic oxidation sites excluding steroid dienone is 4.